The molecule has 1 aromatic carbocycles. The molecule has 0 saturated carbocycles. The summed E-state index contributed by atoms with van der Waals surface area (Å²) < 4.78 is 2.23. The number of aromatic nitrogens is 1. The summed E-state index contributed by atoms with van der Waals surface area (Å²) in [6.07, 6.45) is 3.31. The van der Waals surface area contributed by atoms with Crippen molar-refractivity contribution >= 4 is 60.9 Å². The second-order valence-corrected chi connectivity index (χ2v) is 6.37. The summed E-state index contributed by atoms with van der Waals surface area (Å²) in [5.41, 5.74) is 3.94. The molecular formula is C15H14BrN3O4S. The summed E-state index contributed by atoms with van der Waals surface area (Å²) in [6.45, 7) is 0.943. The number of aliphatic imine (C=N–C) groups is 1. The number of hydrogen-bond donors (Lipinski definition) is 3. The minimum absolute atomic E-state index is 0.558. The fourth-order valence-corrected chi connectivity index (χ4v) is 3.30. The lowest BCUT2D eigenvalue weighted by Crippen LogP contribution is -2.08. The summed E-state index contributed by atoms with van der Waals surface area (Å²) in [6, 6.07) is 4.17. The molecule has 3 N–H and O–H groups in total. The highest BCUT2D eigenvalue weighted by atomic mass is 79.9. The second-order valence-electron chi connectivity index (χ2n) is 4.69. The summed E-state index contributed by atoms with van der Waals surface area (Å²) in [7, 11) is 0. The van der Waals surface area contributed by atoms with Crippen LogP contribution in [0.2, 0.25) is 0 Å². The number of rotatable bonds is 3. The number of benzene rings is 1. The molecule has 24 heavy (non-hydrogen) atoms. The molecule has 0 fully saturated rings. The lowest BCUT2D eigenvalue weighted by molar-refractivity contribution is -0.134. The number of carboxylic acid groups (broad SMARTS) is 2. The van der Waals surface area contributed by atoms with Gasteiger partial charge in [-0.05, 0) is 34.5 Å². The predicted molar refractivity (Wildman–Crippen MR) is 96.9 cm³/mol. The van der Waals surface area contributed by atoms with Gasteiger partial charge in [-0.1, -0.05) is 0 Å². The highest BCUT2D eigenvalue weighted by Crippen LogP contribution is 2.32. The van der Waals surface area contributed by atoms with Crippen LogP contribution in [0.25, 0.3) is 10.2 Å². The zero-order valence-electron chi connectivity index (χ0n) is 12.4. The van der Waals surface area contributed by atoms with Crippen molar-refractivity contribution in [1.29, 1.82) is 0 Å². The summed E-state index contributed by atoms with van der Waals surface area (Å²) >= 11 is 5.25. The van der Waals surface area contributed by atoms with Gasteiger partial charge in [0.1, 0.15) is 5.84 Å². The average Bonchev–Trinajstić information content (AvgIpc) is 3.20. The molecule has 0 bridgehead atoms. The maximum absolute atomic E-state index is 9.55. The number of nitrogens with one attached hydrogen (secondary N) is 1. The van der Waals surface area contributed by atoms with E-state index >= 15 is 0 Å². The van der Waals surface area contributed by atoms with E-state index in [-0.39, 0.29) is 0 Å². The van der Waals surface area contributed by atoms with E-state index in [4.69, 9.17) is 10.2 Å². The van der Waals surface area contributed by atoms with Crippen molar-refractivity contribution in [1.82, 2.24) is 4.98 Å². The van der Waals surface area contributed by atoms with Gasteiger partial charge in [-0.3, -0.25) is 4.99 Å². The first-order chi connectivity index (χ1) is 11.5. The Morgan fingerprint density at radius 2 is 1.96 bits per heavy atom. The number of thiazole rings is 1. The minimum Gasteiger partial charge on any atom is -0.478 e. The molecule has 0 unspecified atom stereocenters. The largest absolute Gasteiger partial charge is 0.478 e. The van der Waals surface area contributed by atoms with Crippen molar-refractivity contribution in [2.24, 2.45) is 4.99 Å². The van der Waals surface area contributed by atoms with E-state index in [2.05, 4.69) is 43.4 Å². The van der Waals surface area contributed by atoms with Crippen LogP contribution in [0.3, 0.4) is 0 Å². The van der Waals surface area contributed by atoms with Gasteiger partial charge in [0, 0.05) is 25.1 Å². The topological polar surface area (TPSA) is 112 Å². The van der Waals surface area contributed by atoms with Crippen molar-refractivity contribution in [3.05, 3.63) is 34.3 Å². The van der Waals surface area contributed by atoms with E-state index in [1.165, 1.54) is 4.70 Å². The smallest absolute Gasteiger partial charge is 0.328 e. The molecule has 2 aromatic rings. The normalized spacial score (nSPS) is 13.5. The third-order valence-corrected chi connectivity index (χ3v) is 4.56. The van der Waals surface area contributed by atoms with E-state index in [1.807, 2.05) is 5.51 Å². The minimum atomic E-state index is -1.26. The van der Waals surface area contributed by atoms with E-state index in [9.17, 15) is 9.59 Å². The fraction of sp³-hybridized carbons (Fsp3) is 0.200. The Balaban J connectivity index is 0.000000224. The quantitative estimate of drug-likeness (QED) is 0.667. The third-order valence-electron chi connectivity index (χ3n) is 2.96. The number of anilines is 1. The number of nitrogens with zero attached hydrogens (tertiary/aromatic N) is 2. The second kappa shape index (κ2) is 8.55. The predicted octanol–water partition coefficient (Wildman–Crippen LogP) is 3.37. The molecule has 9 heteroatoms. The Bertz CT molecular complexity index is 800. The Morgan fingerprint density at radius 1 is 1.25 bits per heavy atom. The Labute approximate surface area is 149 Å². The molecule has 1 aromatic heterocycles. The molecular weight excluding hydrogens is 398 g/mol. The Hall–Kier alpha value is -2.26. The van der Waals surface area contributed by atoms with Crippen LogP contribution >= 0.6 is 27.3 Å². The van der Waals surface area contributed by atoms with Gasteiger partial charge in [0.25, 0.3) is 0 Å². The number of fused-ring (bicyclic) bond motifs is 1. The number of halogens is 1. The maximum Gasteiger partial charge on any atom is 0.328 e. The molecule has 0 atom stereocenters. The van der Waals surface area contributed by atoms with Crippen LogP contribution < -0.4 is 5.32 Å². The van der Waals surface area contributed by atoms with E-state index in [0.717, 1.165) is 40.9 Å². The molecule has 3 rings (SSSR count). The van der Waals surface area contributed by atoms with Crippen LogP contribution in [0.5, 0.6) is 0 Å². The SMILES string of the molecule is Brc1c(NC2=NCCC2)ccc2scnc12.O=C(O)C=CC(=O)O. The van der Waals surface area contributed by atoms with Gasteiger partial charge in [-0.2, -0.15) is 0 Å². The van der Waals surface area contributed by atoms with Crippen molar-refractivity contribution in [3.63, 3.8) is 0 Å². The van der Waals surface area contributed by atoms with E-state index in [1.54, 1.807) is 11.3 Å². The van der Waals surface area contributed by atoms with Crippen molar-refractivity contribution in [2.45, 2.75) is 12.8 Å². The summed E-state index contributed by atoms with van der Waals surface area (Å²) in [5.74, 6) is -1.44. The van der Waals surface area contributed by atoms with E-state index < -0.39 is 11.9 Å². The first-order valence-corrected chi connectivity index (χ1v) is 8.60. The molecule has 0 amide bonds. The Morgan fingerprint density at radius 3 is 2.54 bits per heavy atom. The van der Waals surface area contributed by atoms with Gasteiger partial charge in [0.15, 0.2) is 0 Å². The van der Waals surface area contributed by atoms with Gasteiger partial charge in [0.2, 0.25) is 0 Å². The van der Waals surface area contributed by atoms with Gasteiger partial charge < -0.3 is 15.5 Å². The fourth-order valence-electron chi connectivity index (χ4n) is 1.93. The standard InChI is InChI=1S/C11H10BrN3S.C4H4O4/c12-10-7(15-9-2-1-5-13-9)3-4-8-11(10)14-6-16-8;5-3(6)1-2-4(7)8/h3-4,6H,1-2,5H2,(H,13,15);1-2H,(H,5,6)(H,7,8). The molecule has 1 aliphatic rings. The number of hydrogen-bond acceptors (Lipinski definition) is 6. The van der Waals surface area contributed by atoms with Crippen molar-refractivity contribution in [2.75, 3.05) is 11.9 Å². The van der Waals surface area contributed by atoms with Crippen molar-refractivity contribution in [3.8, 4) is 0 Å². The molecule has 2 heterocycles. The zero-order valence-corrected chi connectivity index (χ0v) is 14.8. The number of amidine groups is 1. The molecule has 0 spiro atoms. The zero-order chi connectivity index (χ0) is 17.5. The summed E-state index contributed by atoms with van der Waals surface area (Å²) in [4.78, 5) is 27.9. The van der Waals surface area contributed by atoms with Gasteiger partial charge in [-0.25, -0.2) is 14.6 Å². The van der Waals surface area contributed by atoms with Crippen LogP contribution in [-0.2, 0) is 9.59 Å². The van der Waals surface area contributed by atoms with Gasteiger partial charge >= 0.3 is 11.9 Å². The molecule has 7 nitrogen and oxygen atoms in total. The lowest BCUT2D eigenvalue weighted by Gasteiger charge is -2.08. The molecule has 0 aliphatic carbocycles. The van der Waals surface area contributed by atoms with Crippen LogP contribution in [0.1, 0.15) is 12.8 Å². The highest BCUT2D eigenvalue weighted by Gasteiger charge is 2.11. The first kappa shape index (κ1) is 18.1. The molecule has 1 aliphatic heterocycles. The lowest BCUT2D eigenvalue weighted by atomic mass is 10.2. The average molecular weight is 412 g/mol. The maximum atomic E-state index is 9.55. The monoisotopic (exact) mass is 411 g/mol. The van der Waals surface area contributed by atoms with Crippen LogP contribution in [-0.4, -0.2) is 39.5 Å². The molecule has 0 saturated heterocycles. The number of aliphatic carboxylic acids is 2. The number of carboxylic acids is 2. The third kappa shape index (κ3) is 5.14. The van der Waals surface area contributed by atoms with Crippen LogP contribution in [0, 0.1) is 0 Å². The molecule has 0 radical (unpaired) electrons. The number of carbonyl (C=O) groups is 2. The Kier molecular flexibility index (Phi) is 6.44. The first-order valence-electron chi connectivity index (χ1n) is 6.93. The molecule has 126 valence electrons. The summed E-state index contributed by atoms with van der Waals surface area (Å²) in [5, 5.41) is 19.0. The van der Waals surface area contributed by atoms with Gasteiger partial charge in [0.05, 0.1) is 25.9 Å². The van der Waals surface area contributed by atoms with Gasteiger partial charge in [-0.15, -0.1) is 11.3 Å². The van der Waals surface area contributed by atoms with Crippen LogP contribution in [0.4, 0.5) is 5.69 Å². The van der Waals surface area contributed by atoms with Crippen LogP contribution in [0.15, 0.2) is 39.3 Å². The van der Waals surface area contributed by atoms with Crippen molar-refractivity contribution < 1.29 is 19.8 Å². The van der Waals surface area contributed by atoms with E-state index in [0.29, 0.717) is 12.2 Å². The highest BCUT2D eigenvalue weighted by molar-refractivity contribution is 9.10.